The quantitative estimate of drug-likeness (QED) is 0.225. The van der Waals surface area contributed by atoms with Gasteiger partial charge >= 0.3 is 0 Å². The molecule has 1 amide bonds. The van der Waals surface area contributed by atoms with E-state index in [1.165, 1.54) is 5.56 Å². The molecule has 9 heteroatoms. The molecular weight excluding hydrogens is 496 g/mol. The van der Waals surface area contributed by atoms with E-state index in [1.54, 1.807) is 7.05 Å². The number of rotatable bonds is 7. The lowest BCUT2D eigenvalue weighted by Gasteiger charge is -2.18. The number of hydrogen-bond acceptors (Lipinski definition) is 2. The molecule has 2 aromatic rings. The number of hydrogen-bond donors (Lipinski definition) is 3. The van der Waals surface area contributed by atoms with Crippen LogP contribution in [0.2, 0.25) is 0 Å². The Balaban J connectivity index is 0.00000420. The number of aryl methyl sites for hydroxylation is 1. The summed E-state index contributed by atoms with van der Waals surface area (Å²) in [7, 11) is 1.56. The molecule has 0 bridgehead atoms. The van der Waals surface area contributed by atoms with Gasteiger partial charge in [-0.3, -0.25) is 9.79 Å². The first-order valence-electron chi connectivity index (χ1n) is 8.85. The zero-order valence-corrected chi connectivity index (χ0v) is 18.5. The van der Waals surface area contributed by atoms with Crippen LogP contribution in [0.5, 0.6) is 0 Å². The van der Waals surface area contributed by atoms with Gasteiger partial charge in [0.2, 0.25) is 5.91 Å². The lowest BCUT2D eigenvalue weighted by atomic mass is 10.1. The van der Waals surface area contributed by atoms with Crippen LogP contribution in [0.25, 0.3) is 0 Å². The highest BCUT2D eigenvalue weighted by atomic mass is 127. The Bertz CT molecular complexity index is 834. The minimum absolute atomic E-state index is 0. The van der Waals surface area contributed by atoms with Crippen molar-refractivity contribution in [2.45, 2.75) is 25.8 Å². The van der Waals surface area contributed by atoms with E-state index in [0.717, 1.165) is 25.0 Å². The molecule has 0 radical (unpaired) electrons. The van der Waals surface area contributed by atoms with E-state index in [2.05, 4.69) is 33.1 Å². The molecule has 2 rings (SSSR count). The molecule has 3 N–H and O–H groups in total. The van der Waals surface area contributed by atoms with Crippen molar-refractivity contribution in [1.82, 2.24) is 10.6 Å². The average Bonchev–Trinajstić information content (AvgIpc) is 2.70. The first-order valence-corrected chi connectivity index (χ1v) is 8.85. The number of amides is 1. The molecule has 5 nitrogen and oxygen atoms in total. The lowest BCUT2D eigenvalue weighted by molar-refractivity contribution is -0.115. The third-order valence-corrected chi connectivity index (χ3v) is 4.04. The van der Waals surface area contributed by atoms with Crippen molar-refractivity contribution < 1.29 is 18.0 Å². The van der Waals surface area contributed by atoms with E-state index in [0.29, 0.717) is 5.96 Å². The van der Waals surface area contributed by atoms with Crippen LogP contribution in [0.15, 0.2) is 47.5 Å². The minimum Gasteiger partial charge on any atom is -0.354 e. The Morgan fingerprint density at radius 2 is 1.76 bits per heavy atom. The molecule has 0 aliphatic carbocycles. The number of aliphatic imine (C=N–C) groups is 1. The number of halogens is 4. The van der Waals surface area contributed by atoms with E-state index in [-0.39, 0.29) is 36.6 Å². The number of anilines is 1. The molecule has 0 saturated carbocycles. The van der Waals surface area contributed by atoms with Crippen LogP contribution in [0.4, 0.5) is 18.9 Å². The second-order valence-corrected chi connectivity index (χ2v) is 6.27. The third-order valence-electron chi connectivity index (χ3n) is 4.04. The van der Waals surface area contributed by atoms with Gasteiger partial charge in [-0.15, -0.1) is 24.0 Å². The van der Waals surface area contributed by atoms with Crippen LogP contribution in [-0.2, 0) is 11.2 Å². The molecule has 1 atom stereocenters. The molecule has 0 aliphatic rings. The van der Waals surface area contributed by atoms with Gasteiger partial charge < -0.3 is 16.0 Å². The standard InChI is InChI=1S/C20H23F3N4O.HI/c1-13(8-9-14-6-4-3-5-7-14)26-20(24-2)25-12-17(28)27-16-11-10-15(21)18(22)19(16)23;/h3-7,10-11,13H,8-9,12H2,1-2H3,(H,27,28)(H2,24,25,26);1H. The van der Waals surface area contributed by atoms with Crippen LogP contribution >= 0.6 is 24.0 Å². The zero-order chi connectivity index (χ0) is 20.5. The fraction of sp³-hybridized carbons (Fsp3) is 0.300. The van der Waals surface area contributed by atoms with Crippen molar-refractivity contribution in [3.63, 3.8) is 0 Å². The molecule has 0 spiro atoms. The third kappa shape index (κ3) is 7.92. The Labute approximate surface area is 185 Å². The first kappa shape index (κ1) is 24.7. The Hall–Kier alpha value is -2.30. The second kappa shape index (κ2) is 12.3. The van der Waals surface area contributed by atoms with Gasteiger partial charge in [0.05, 0.1) is 12.2 Å². The summed E-state index contributed by atoms with van der Waals surface area (Å²) in [4.78, 5) is 16.0. The number of carbonyl (C=O) groups excluding carboxylic acids is 1. The minimum atomic E-state index is -1.63. The van der Waals surface area contributed by atoms with Crippen LogP contribution in [0.1, 0.15) is 18.9 Å². The predicted molar refractivity (Wildman–Crippen MR) is 119 cm³/mol. The van der Waals surface area contributed by atoms with Crippen LogP contribution < -0.4 is 16.0 Å². The molecule has 1 unspecified atom stereocenters. The smallest absolute Gasteiger partial charge is 0.243 e. The predicted octanol–water partition coefficient (Wildman–Crippen LogP) is 3.85. The summed E-state index contributed by atoms with van der Waals surface area (Å²) in [6.07, 6.45) is 1.75. The molecule has 0 saturated heterocycles. The fourth-order valence-electron chi connectivity index (χ4n) is 2.51. The van der Waals surface area contributed by atoms with Gasteiger partial charge in [0.1, 0.15) is 0 Å². The van der Waals surface area contributed by atoms with Gasteiger partial charge in [0.25, 0.3) is 0 Å². The van der Waals surface area contributed by atoms with Crippen molar-refractivity contribution >= 4 is 41.5 Å². The van der Waals surface area contributed by atoms with E-state index in [4.69, 9.17) is 0 Å². The first-order chi connectivity index (χ1) is 13.4. The molecule has 2 aromatic carbocycles. The molecule has 0 fully saturated rings. The average molecular weight is 520 g/mol. The Morgan fingerprint density at radius 3 is 2.41 bits per heavy atom. The summed E-state index contributed by atoms with van der Waals surface area (Å²) in [6, 6.07) is 11.9. The Kier molecular flexibility index (Phi) is 10.5. The van der Waals surface area contributed by atoms with Crippen molar-refractivity contribution in [3.8, 4) is 0 Å². The monoisotopic (exact) mass is 520 g/mol. The normalized spacial score (nSPS) is 12.0. The molecule has 158 valence electrons. The SMILES string of the molecule is CN=C(NCC(=O)Nc1ccc(F)c(F)c1F)NC(C)CCc1ccccc1.I. The van der Waals surface area contributed by atoms with E-state index in [1.807, 2.05) is 25.1 Å². The molecule has 0 aliphatic heterocycles. The van der Waals surface area contributed by atoms with Gasteiger partial charge in [0, 0.05) is 13.1 Å². The largest absolute Gasteiger partial charge is 0.354 e. The Morgan fingerprint density at radius 1 is 1.07 bits per heavy atom. The van der Waals surface area contributed by atoms with Crippen molar-refractivity contribution in [2.75, 3.05) is 18.9 Å². The number of benzene rings is 2. The van der Waals surface area contributed by atoms with E-state index in [9.17, 15) is 18.0 Å². The van der Waals surface area contributed by atoms with Crippen LogP contribution in [0, 0.1) is 17.5 Å². The zero-order valence-electron chi connectivity index (χ0n) is 16.1. The topological polar surface area (TPSA) is 65.5 Å². The van der Waals surface area contributed by atoms with E-state index < -0.39 is 29.0 Å². The number of guanidine groups is 1. The lowest BCUT2D eigenvalue weighted by Crippen LogP contribution is -2.45. The summed E-state index contributed by atoms with van der Waals surface area (Å²) in [5.41, 5.74) is 0.803. The van der Waals surface area contributed by atoms with Gasteiger partial charge in [0.15, 0.2) is 23.4 Å². The van der Waals surface area contributed by atoms with Crippen molar-refractivity contribution in [1.29, 1.82) is 0 Å². The van der Waals surface area contributed by atoms with Crippen molar-refractivity contribution in [2.24, 2.45) is 4.99 Å². The molecular formula is C20H24F3IN4O. The number of nitrogens with zero attached hydrogens (tertiary/aromatic N) is 1. The molecule has 0 aromatic heterocycles. The summed E-state index contributed by atoms with van der Waals surface area (Å²) >= 11 is 0. The van der Waals surface area contributed by atoms with E-state index >= 15 is 0 Å². The van der Waals surface area contributed by atoms with Gasteiger partial charge in [-0.25, -0.2) is 13.2 Å². The van der Waals surface area contributed by atoms with Crippen LogP contribution in [-0.4, -0.2) is 31.5 Å². The summed E-state index contributed by atoms with van der Waals surface area (Å²) in [5, 5.41) is 8.15. The number of carbonyl (C=O) groups is 1. The maximum Gasteiger partial charge on any atom is 0.243 e. The van der Waals surface area contributed by atoms with Crippen molar-refractivity contribution in [3.05, 3.63) is 65.5 Å². The summed E-state index contributed by atoms with van der Waals surface area (Å²) < 4.78 is 39.7. The van der Waals surface area contributed by atoms with Gasteiger partial charge in [-0.05, 0) is 37.5 Å². The number of nitrogens with one attached hydrogen (secondary N) is 3. The highest BCUT2D eigenvalue weighted by Crippen LogP contribution is 2.19. The summed E-state index contributed by atoms with van der Waals surface area (Å²) in [5.74, 6) is -4.60. The highest BCUT2D eigenvalue weighted by Gasteiger charge is 2.15. The van der Waals surface area contributed by atoms with Gasteiger partial charge in [-0.2, -0.15) is 0 Å². The second-order valence-electron chi connectivity index (χ2n) is 6.27. The highest BCUT2D eigenvalue weighted by molar-refractivity contribution is 14.0. The fourth-order valence-corrected chi connectivity index (χ4v) is 2.51. The molecule has 0 heterocycles. The van der Waals surface area contributed by atoms with Crippen LogP contribution in [0.3, 0.4) is 0 Å². The maximum absolute atomic E-state index is 13.6. The summed E-state index contributed by atoms with van der Waals surface area (Å²) in [6.45, 7) is 1.77. The molecule has 29 heavy (non-hydrogen) atoms. The maximum atomic E-state index is 13.6. The van der Waals surface area contributed by atoms with Gasteiger partial charge in [-0.1, -0.05) is 30.3 Å².